The van der Waals surface area contributed by atoms with Crippen LogP contribution in [0.5, 0.6) is 0 Å². The molecule has 3 rings (SSSR count). The molecule has 0 aliphatic rings. The average molecular weight is 524 g/mol. The van der Waals surface area contributed by atoms with Crippen LogP contribution in [0.25, 0.3) is 11.3 Å². The number of hydrogen-bond donors (Lipinski definition) is 3. The summed E-state index contributed by atoms with van der Waals surface area (Å²) in [5.41, 5.74) is 3.79. The summed E-state index contributed by atoms with van der Waals surface area (Å²) < 4.78 is 0. The molecule has 200 valence electrons. The predicted octanol–water partition coefficient (Wildman–Crippen LogP) is 6.40. The number of nitrogens with one attached hydrogen (secondary N) is 3. The molecule has 1 aromatic carbocycles. The van der Waals surface area contributed by atoms with Crippen LogP contribution in [-0.2, 0) is 6.42 Å². The molecule has 0 fully saturated rings. The topological polar surface area (TPSA) is 78.0 Å². The third-order valence-corrected chi connectivity index (χ3v) is 6.32. The number of hydrogen-bond acceptors (Lipinski definition) is 7. The lowest BCUT2D eigenvalue weighted by molar-refractivity contribution is 0.248. The standard InChI is InChI=1S/C29H42ClN7/c1-5-15-37(16-6-2)21-22(4)31-12-8-13-32-28-10-9-24(20-34-28)27-11-14-33-29(36-27)35-26-18-23(7-3)17-25(30)19-26/h9-11,14,17-20,22,31H,5-8,12-13,15-16,21H2,1-4H3,(H,32,34)(H,33,35,36). The van der Waals surface area contributed by atoms with E-state index in [2.05, 4.69) is 69.6 Å². The van der Waals surface area contributed by atoms with Crippen molar-refractivity contribution in [2.75, 3.05) is 43.4 Å². The molecule has 8 heteroatoms. The van der Waals surface area contributed by atoms with Crippen molar-refractivity contribution in [2.24, 2.45) is 0 Å². The third-order valence-electron chi connectivity index (χ3n) is 6.10. The Kier molecular flexibility index (Phi) is 12.1. The van der Waals surface area contributed by atoms with E-state index < -0.39 is 0 Å². The van der Waals surface area contributed by atoms with Gasteiger partial charge < -0.3 is 20.9 Å². The molecule has 1 unspecified atom stereocenters. The van der Waals surface area contributed by atoms with E-state index in [1.165, 1.54) is 25.9 Å². The molecule has 37 heavy (non-hydrogen) atoms. The van der Waals surface area contributed by atoms with Crippen LogP contribution in [0, 0.1) is 0 Å². The first-order valence-corrected chi connectivity index (χ1v) is 13.9. The van der Waals surface area contributed by atoms with Crippen molar-refractivity contribution < 1.29 is 0 Å². The van der Waals surface area contributed by atoms with Crippen molar-refractivity contribution in [1.29, 1.82) is 0 Å². The van der Waals surface area contributed by atoms with Gasteiger partial charge in [0.15, 0.2) is 0 Å². The van der Waals surface area contributed by atoms with Gasteiger partial charge in [-0.25, -0.2) is 15.0 Å². The number of rotatable bonds is 16. The molecule has 0 spiro atoms. The predicted molar refractivity (Wildman–Crippen MR) is 157 cm³/mol. The molecule has 7 nitrogen and oxygen atoms in total. The lowest BCUT2D eigenvalue weighted by atomic mass is 10.1. The molecule has 0 bridgehead atoms. The van der Waals surface area contributed by atoms with E-state index in [1.807, 2.05) is 36.5 Å². The van der Waals surface area contributed by atoms with E-state index in [0.29, 0.717) is 17.0 Å². The fraction of sp³-hybridized carbons (Fsp3) is 0.483. The zero-order valence-electron chi connectivity index (χ0n) is 22.7. The number of aromatic nitrogens is 3. The Morgan fingerprint density at radius 1 is 0.973 bits per heavy atom. The Labute approximate surface area is 227 Å². The van der Waals surface area contributed by atoms with Crippen LogP contribution in [0.4, 0.5) is 17.5 Å². The lowest BCUT2D eigenvalue weighted by Crippen LogP contribution is -2.40. The Morgan fingerprint density at radius 3 is 2.49 bits per heavy atom. The number of halogens is 1. The molecule has 1 atom stereocenters. The van der Waals surface area contributed by atoms with E-state index >= 15 is 0 Å². The zero-order chi connectivity index (χ0) is 26.5. The van der Waals surface area contributed by atoms with Crippen molar-refractivity contribution in [3.05, 3.63) is 59.4 Å². The summed E-state index contributed by atoms with van der Waals surface area (Å²) >= 11 is 6.24. The van der Waals surface area contributed by atoms with Crippen LogP contribution in [0.1, 0.15) is 52.5 Å². The largest absolute Gasteiger partial charge is 0.370 e. The first-order valence-electron chi connectivity index (χ1n) is 13.6. The molecule has 3 aromatic rings. The highest BCUT2D eigenvalue weighted by atomic mass is 35.5. The fourth-order valence-corrected chi connectivity index (χ4v) is 4.58. The van der Waals surface area contributed by atoms with Gasteiger partial charge in [-0.1, -0.05) is 32.4 Å². The van der Waals surface area contributed by atoms with Gasteiger partial charge in [0.1, 0.15) is 5.82 Å². The number of aryl methyl sites for hydroxylation is 1. The van der Waals surface area contributed by atoms with Gasteiger partial charge in [0, 0.05) is 47.8 Å². The van der Waals surface area contributed by atoms with Gasteiger partial charge >= 0.3 is 0 Å². The van der Waals surface area contributed by atoms with Crippen molar-refractivity contribution in [2.45, 2.75) is 59.4 Å². The second kappa shape index (κ2) is 15.5. The number of nitrogens with zero attached hydrogens (tertiary/aromatic N) is 4. The maximum absolute atomic E-state index is 6.24. The summed E-state index contributed by atoms with van der Waals surface area (Å²) in [5, 5.41) is 11.0. The van der Waals surface area contributed by atoms with E-state index in [-0.39, 0.29) is 0 Å². The molecule has 3 N–H and O–H groups in total. The number of anilines is 3. The minimum atomic E-state index is 0.496. The molecule has 0 saturated carbocycles. The lowest BCUT2D eigenvalue weighted by Gasteiger charge is -2.25. The quantitative estimate of drug-likeness (QED) is 0.187. The molecular weight excluding hydrogens is 482 g/mol. The van der Waals surface area contributed by atoms with E-state index in [4.69, 9.17) is 11.6 Å². The van der Waals surface area contributed by atoms with Gasteiger partial charge in [-0.2, -0.15) is 0 Å². The maximum Gasteiger partial charge on any atom is 0.227 e. The maximum atomic E-state index is 6.24. The molecule has 2 aromatic heterocycles. The SMILES string of the molecule is CCCN(CCC)CC(C)NCCCNc1ccc(-c2ccnc(Nc3cc(Cl)cc(CC)c3)n2)cn1. The molecular formula is C29H42ClN7. The Hall–Kier alpha value is -2.74. The summed E-state index contributed by atoms with van der Waals surface area (Å²) in [6, 6.07) is 12.3. The molecule has 0 aliphatic carbocycles. The molecule has 0 amide bonds. The van der Waals surface area contributed by atoms with Crippen LogP contribution in [0.15, 0.2) is 48.8 Å². The summed E-state index contributed by atoms with van der Waals surface area (Å²) in [6.07, 6.45) is 7.97. The second-order valence-electron chi connectivity index (χ2n) is 9.46. The van der Waals surface area contributed by atoms with Crippen molar-refractivity contribution in [1.82, 2.24) is 25.2 Å². The summed E-state index contributed by atoms with van der Waals surface area (Å²) in [7, 11) is 0. The third kappa shape index (κ3) is 9.91. The van der Waals surface area contributed by atoms with Crippen LogP contribution in [0.2, 0.25) is 5.02 Å². The highest BCUT2D eigenvalue weighted by Gasteiger charge is 2.08. The molecule has 0 saturated heterocycles. The Morgan fingerprint density at radius 2 is 1.78 bits per heavy atom. The Balaban J connectivity index is 1.46. The first-order chi connectivity index (χ1) is 18.0. The average Bonchev–Trinajstić information content (AvgIpc) is 2.89. The van der Waals surface area contributed by atoms with Crippen LogP contribution < -0.4 is 16.0 Å². The minimum Gasteiger partial charge on any atom is -0.370 e. The van der Waals surface area contributed by atoms with Crippen LogP contribution in [0.3, 0.4) is 0 Å². The Bertz CT molecular complexity index is 1070. The number of pyridine rings is 1. The zero-order valence-corrected chi connectivity index (χ0v) is 23.5. The van der Waals surface area contributed by atoms with Crippen molar-refractivity contribution in [3.63, 3.8) is 0 Å². The first kappa shape index (κ1) is 28.8. The molecule has 0 aliphatic heterocycles. The molecule has 0 radical (unpaired) electrons. The fourth-order valence-electron chi connectivity index (χ4n) is 4.32. The van der Waals surface area contributed by atoms with Gasteiger partial charge in [0.25, 0.3) is 0 Å². The van der Waals surface area contributed by atoms with Gasteiger partial charge in [-0.05, 0) is 94.2 Å². The van der Waals surface area contributed by atoms with Gasteiger partial charge in [-0.3, -0.25) is 0 Å². The van der Waals surface area contributed by atoms with Gasteiger partial charge in [0.2, 0.25) is 5.95 Å². The van der Waals surface area contributed by atoms with E-state index in [9.17, 15) is 0 Å². The minimum absolute atomic E-state index is 0.496. The number of benzene rings is 1. The summed E-state index contributed by atoms with van der Waals surface area (Å²) in [6.45, 7) is 14.2. The van der Waals surface area contributed by atoms with Crippen molar-refractivity contribution >= 4 is 29.1 Å². The van der Waals surface area contributed by atoms with Crippen molar-refractivity contribution in [3.8, 4) is 11.3 Å². The van der Waals surface area contributed by atoms with E-state index in [0.717, 1.165) is 60.8 Å². The van der Waals surface area contributed by atoms with Crippen LogP contribution >= 0.6 is 11.6 Å². The van der Waals surface area contributed by atoms with Gasteiger partial charge in [-0.15, -0.1) is 0 Å². The summed E-state index contributed by atoms with van der Waals surface area (Å²) in [5.74, 6) is 1.39. The van der Waals surface area contributed by atoms with E-state index in [1.54, 1.807) is 6.20 Å². The molecule has 2 heterocycles. The second-order valence-corrected chi connectivity index (χ2v) is 9.90. The highest BCUT2D eigenvalue weighted by molar-refractivity contribution is 6.30. The van der Waals surface area contributed by atoms with Crippen LogP contribution in [-0.4, -0.2) is 58.6 Å². The highest BCUT2D eigenvalue weighted by Crippen LogP contribution is 2.23. The monoisotopic (exact) mass is 523 g/mol. The smallest absolute Gasteiger partial charge is 0.227 e. The van der Waals surface area contributed by atoms with Gasteiger partial charge in [0.05, 0.1) is 5.69 Å². The summed E-state index contributed by atoms with van der Waals surface area (Å²) in [4.78, 5) is 16.2. The normalized spacial score (nSPS) is 12.1.